The number of nitrogens with zero attached hydrogens (tertiary/aromatic N) is 1. The maximum atomic E-state index is 13.1. The van der Waals surface area contributed by atoms with Crippen LogP contribution in [0.25, 0.3) is 0 Å². The van der Waals surface area contributed by atoms with Gasteiger partial charge in [-0.1, -0.05) is 6.92 Å². The molecule has 110 valence electrons. The fourth-order valence-corrected chi connectivity index (χ4v) is 3.88. The molecule has 1 saturated heterocycles. The molecule has 0 radical (unpaired) electrons. The molecule has 8 heteroatoms. The number of hydrogen-bond donors (Lipinski definition) is 1. The number of carbonyl (C=O) groups is 1. The molecule has 2 rings (SSSR count). The lowest BCUT2D eigenvalue weighted by Crippen LogP contribution is -2.30. The second-order valence-electron chi connectivity index (χ2n) is 4.85. The average Bonchev–Trinajstić information content (AvgIpc) is 2.70. The molecule has 0 unspecified atom stereocenters. The maximum Gasteiger partial charge on any atom is 0.308 e. The van der Waals surface area contributed by atoms with Gasteiger partial charge in [0.25, 0.3) is 0 Å². The van der Waals surface area contributed by atoms with Gasteiger partial charge >= 0.3 is 5.97 Å². The van der Waals surface area contributed by atoms with Crippen molar-refractivity contribution in [2.45, 2.75) is 11.8 Å². The van der Waals surface area contributed by atoms with E-state index in [-0.39, 0.29) is 19.0 Å². The molecule has 1 heterocycles. The largest absolute Gasteiger partial charge is 0.481 e. The molecule has 0 aliphatic carbocycles. The highest BCUT2D eigenvalue weighted by Gasteiger charge is 2.40. The Bertz CT molecular complexity index is 627. The summed E-state index contributed by atoms with van der Waals surface area (Å²) in [6, 6.07) is 2.01. The van der Waals surface area contributed by atoms with Crippen LogP contribution in [0.5, 0.6) is 0 Å². The lowest BCUT2D eigenvalue weighted by atomic mass is 9.99. The van der Waals surface area contributed by atoms with Crippen molar-refractivity contribution >= 4 is 16.0 Å². The highest BCUT2D eigenvalue weighted by atomic mass is 32.2. The van der Waals surface area contributed by atoms with Gasteiger partial charge in [0.05, 0.1) is 10.8 Å². The number of carboxylic acid groups (broad SMARTS) is 1. The molecule has 1 aromatic carbocycles. The minimum atomic E-state index is -4.09. The molecule has 0 saturated carbocycles. The first kappa shape index (κ1) is 14.9. The van der Waals surface area contributed by atoms with Crippen LogP contribution in [-0.4, -0.2) is 36.9 Å². The van der Waals surface area contributed by atoms with Gasteiger partial charge in [0, 0.05) is 19.2 Å². The van der Waals surface area contributed by atoms with Gasteiger partial charge in [-0.25, -0.2) is 17.2 Å². The minimum Gasteiger partial charge on any atom is -0.481 e. The number of carboxylic acids is 1. The van der Waals surface area contributed by atoms with Gasteiger partial charge in [-0.05, 0) is 18.1 Å². The summed E-state index contributed by atoms with van der Waals surface area (Å²) in [4.78, 5) is 10.5. The van der Waals surface area contributed by atoms with Crippen molar-refractivity contribution in [3.8, 4) is 0 Å². The van der Waals surface area contributed by atoms with Crippen molar-refractivity contribution in [2.75, 3.05) is 13.1 Å². The molecule has 1 N–H and O–H groups in total. The zero-order chi connectivity index (χ0) is 15.1. The topological polar surface area (TPSA) is 74.7 Å². The zero-order valence-corrected chi connectivity index (χ0v) is 11.4. The highest BCUT2D eigenvalue weighted by Crippen LogP contribution is 2.29. The Morgan fingerprint density at radius 1 is 1.25 bits per heavy atom. The van der Waals surface area contributed by atoms with E-state index in [4.69, 9.17) is 5.11 Å². The zero-order valence-electron chi connectivity index (χ0n) is 10.6. The SMILES string of the molecule is C[C@@H]1CN(S(=O)(=O)c2cc(F)cc(F)c2)C[C@H]1C(=O)O. The van der Waals surface area contributed by atoms with E-state index in [0.29, 0.717) is 6.07 Å². The Labute approximate surface area is 114 Å². The van der Waals surface area contributed by atoms with Crippen LogP contribution >= 0.6 is 0 Å². The summed E-state index contributed by atoms with van der Waals surface area (Å²) in [6.45, 7) is 1.44. The maximum absolute atomic E-state index is 13.1. The van der Waals surface area contributed by atoms with E-state index in [0.717, 1.165) is 16.4 Å². The van der Waals surface area contributed by atoms with E-state index in [2.05, 4.69) is 0 Å². The van der Waals surface area contributed by atoms with E-state index in [9.17, 15) is 22.0 Å². The molecule has 1 aliphatic rings. The van der Waals surface area contributed by atoms with Crippen LogP contribution in [-0.2, 0) is 14.8 Å². The Balaban J connectivity index is 2.34. The van der Waals surface area contributed by atoms with Gasteiger partial charge in [0.15, 0.2) is 0 Å². The van der Waals surface area contributed by atoms with Crippen molar-refractivity contribution < 1.29 is 27.1 Å². The molecule has 0 spiro atoms. The molecule has 1 fully saturated rings. The minimum absolute atomic E-state index is 0.0113. The summed E-state index contributed by atoms with van der Waals surface area (Å²) in [7, 11) is -4.09. The summed E-state index contributed by atoms with van der Waals surface area (Å²) in [6.07, 6.45) is 0. The number of benzene rings is 1. The van der Waals surface area contributed by atoms with E-state index in [1.807, 2.05) is 0 Å². The monoisotopic (exact) mass is 305 g/mol. The second kappa shape index (κ2) is 5.10. The first-order valence-corrected chi connectivity index (χ1v) is 7.35. The molecule has 20 heavy (non-hydrogen) atoms. The summed E-state index contributed by atoms with van der Waals surface area (Å²) >= 11 is 0. The van der Waals surface area contributed by atoms with Crippen LogP contribution in [0.1, 0.15) is 6.92 Å². The molecular weight excluding hydrogens is 292 g/mol. The Kier molecular flexibility index (Phi) is 3.79. The van der Waals surface area contributed by atoms with E-state index < -0.39 is 38.4 Å². The van der Waals surface area contributed by atoms with Crippen molar-refractivity contribution in [1.29, 1.82) is 0 Å². The highest BCUT2D eigenvalue weighted by molar-refractivity contribution is 7.89. The molecule has 0 amide bonds. The lowest BCUT2D eigenvalue weighted by molar-refractivity contribution is -0.142. The van der Waals surface area contributed by atoms with Gasteiger partial charge in [0.1, 0.15) is 11.6 Å². The van der Waals surface area contributed by atoms with E-state index in [1.165, 1.54) is 0 Å². The predicted molar refractivity (Wildman–Crippen MR) is 65.4 cm³/mol. The summed E-state index contributed by atoms with van der Waals surface area (Å²) < 4.78 is 51.7. The Morgan fingerprint density at radius 3 is 2.25 bits per heavy atom. The van der Waals surface area contributed by atoms with Gasteiger partial charge in [-0.15, -0.1) is 0 Å². The second-order valence-corrected chi connectivity index (χ2v) is 6.79. The van der Waals surface area contributed by atoms with Crippen molar-refractivity contribution in [3.63, 3.8) is 0 Å². The first-order valence-electron chi connectivity index (χ1n) is 5.91. The quantitative estimate of drug-likeness (QED) is 0.913. The third-order valence-corrected chi connectivity index (χ3v) is 5.18. The Hall–Kier alpha value is -1.54. The molecule has 1 aliphatic heterocycles. The van der Waals surface area contributed by atoms with Gasteiger partial charge < -0.3 is 5.11 Å². The molecular formula is C12H13F2NO4S. The summed E-state index contributed by atoms with van der Waals surface area (Å²) in [5, 5.41) is 8.98. The molecule has 1 aromatic rings. The van der Waals surface area contributed by atoms with Crippen molar-refractivity contribution in [1.82, 2.24) is 4.31 Å². The number of rotatable bonds is 3. The summed E-state index contributed by atoms with van der Waals surface area (Å²) in [5.74, 6) is -4.25. The molecule has 5 nitrogen and oxygen atoms in total. The Morgan fingerprint density at radius 2 is 1.80 bits per heavy atom. The van der Waals surface area contributed by atoms with Crippen LogP contribution in [0.4, 0.5) is 8.78 Å². The van der Waals surface area contributed by atoms with Crippen LogP contribution in [0.3, 0.4) is 0 Å². The number of halogens is 2. The predicted octanol–water partition coefficient (Wildman–Crippen LogP) is 1.31. The van der Waals surface area contributed by atoms with E-state index >= 15 is 0 Å². The van der Waals surface area contributed by atoms with Gasteiger partial charge in [-0.3, -0.25) is 4.79 Å². The fourth-order valence-electron chi connectivity index (χ4n) is 2.27. The molecule has 2 atom stereocenters. The lowest BCUT2D eigenvalue weighted by Gasteiger charge is -2.16. The van der Waals surface area contributed by atoms with E-state index in [1.54, 1.807) is 6.92 Å². The normalized spacial score (nSPS) is 23.9. The summed E-state index contributed by atoms with van der Waals surface area (Å²) in [5.41, 5.74) is 0. The standard InChI is InChI=1S/C12H13F2NO4S/c1-7-5-15(6-11(7)12(16)17)20(18,19)10-3-8(13)2-9(14)4-10/h2-4,7,11H,5-6H2,1H3,(H,16,17)/t7-,11-/m1/s1. The van der Waals surface area contributed by atoms with Gasteiger partial charge in [-0.2, -0.15) is 4.31 Å². The third-order valence-electron chi connectivity index (χ3n) is 3.37. The number of aliphatic carboxylic acids is 1. The van der Waals surface area contributed by atoms with Crippen molar-refractivity contribution in [2.24, 2.45) is 11.8 Å². The van der Waals surface area contributed by atoms with Gasteiger partial charge in [0.2, 0.25) is 10.0 Å². The first-order chi connectivity index (χ1) is 9.21. The molecule has 0 bridgehead atoms. The average molecular weight is 305 g/mol. The number of sulfonamides is 1. The number of hydrogen-bond acceptors (Lipinski definition) is 3. The third kappa shape index (κ3) is 2.66. The van der Waals surface area contributed by atoms with Crippen LogP contribution in [0.2, 0.25) is 0 Å². The smallest absolute Gasteiger partial charge is 0.308 e. The van der Waals surface area contributed by atoms with Crippen LogP contribution < -0.4 is 0 Å². The van der Waals surface area contributed by atoms with Crippen LogP contribution in [0.15, 0.2) is 23.1 Å². The fraction of sp³-hybridized carbons (Fsp3) is 0.417. The van der Waals surface area contributed by atoms with Crippen molar-refractivity contribution in [3.05, 3.63) is 29.8 Å². The van der Waals surface area contributed by atoms with Crippen LogP contribution in [0, 0.1) is 23.5 Å². The molecule has 0 aromatic heterocycles.